The van der Waals surface area contributed by atoms with Gasteiger partial charge in [-0.2, -0.15) is 0 Å². The molecule has 0 heterocycles. The molecule has 0 saturated carbocycles. The van der Waals surface area contributed by atoms with Crippen molar-refractivity contribution < 1.29 is 0 Å². The Labute approximate surface area is 183 Å². The van der Waals surface area contributed by atoms with Gasteiger partial charge in [0, 0.05) is 23.7 Å². The summed E-state index contributed by atoms with van der Waals surface area (Å²) in [5.41, 5.74) is 7.72. The fourth-order valence-electron chi connectivity index (χ4n) is 3.83. The van der Waals surface area contributed by atoms with Crippen LogP contribution in [0, 0.1) is 0 Å². The highest BCUT2D eigenvalue weighted by Gasteiger charge is 2.19. The van der Waals surface area contributed by atoms with E-state index in [0.29, 0.717) is 0 Å². The highest BCUT2D eigenvalue weighted by Crippen LogP contribution is 2.35. The summed E-state index contributed by atoms with van der Waals surface area (Å²) >= 11 is 7.07. The van der Waals surface area contributed by atoms with Gasteiger partial charge < -0.3 is 0 Å². The van der Waals surface area contributed by atoms with E-state index in [4.69, 9.17) is 11.6 Å². The molecule has 0 fully saturated rings. The van der Waals surface area contributed by atoms with Crippen LogP contribution in [0.1, 0.15) is 22.3 Å². The summed E-state index contributed by atoms with van der Waals surface area (Å²) in [4.78, 5) is 4.67. The van der Waals surface area contributed by atoms with E-state index in [2.05, 4.69) is 71.7 Å². The Hall–Kier alpha value is -3.16. The van der Waals surface area contributed by atoms with Gasteiger partial charge in [0.15, 0.2) is 0 Å². The Morgan fingerprint density at radius 3 is 1.93 bits per heavy atom. The van der Waals surface area contributed by atoms with E-state index in [0.717, 1.165) is 45.8 Å². The Bertz CT molecular complexity index is 1130. The van der Waals surface area contributed by atoms with Crippen molar-refractivity contribution in [1.29, 1.82) is 0 Å². The van der Waals surface area contributed by atoms with Crippen LogP contribution in [0.4, 0.5) is 0 Å². The normalized spacial score (nSPS) is 11.5. The van der Waals surface area contributed by atoms with Gasteiger partial charge >= 0.3 is 0 Å². The molecule has 0 aliphatic carbocycles. The van der Waals surface area contributed by atoms with Crippen molar-refractivity contribution in [1.82, 2.24) is 0 Å². The van der Waals surface area contributed by atoms with E-state index in [1.54, 1.807) is 0 Å². The number of benzene rings is 4. The van der Waals surface area contributed by atoms with Crippen LogP contribution in [0.5, 0.6) is 0 Å². The van der Waals surface area contributed by atoms with Crippen molar-refractivity contribution in [3.05, 3.63) is 130 Å². The molecule has 0 aromatic heterocycles. The molecule has 0 saturated heterocycles. The van der Waals surface area contributed by atoms with E-state index >= 15 is 0 Å². The highest BCUT2D eigenvalue weighted by atomic mass is 35.5. The molecule has 0 spiro atoms. The van der Waals surface area contributed by atoms with Gasteiger partial charge in [-0.1, -0.05) is 115 Å². The number of rotatable bonds is 6. The minimum atomic E-state index is 0.760. The maximum Gasteiger partial charge on any atom is 0.0733 e. The Morgan fingerprint density at radius 2 is 1.30 bits per heavy atom. The van der Waals surface area contributed by atoms with Gasteiger partial charge in [-0.05, 0) is 29.5 Å². The minimum absolute atomic E-state index is 0.760. The quantitative estimate of drug-likeness (QED) is 0.297. The molecule has 4 rings (SSSR count). The zero-order valence-corrected chi connectivity index (χ0v) is 17.8. The van der Waals surface area contributed by atoms with E-state index in [9.17, 15) is 0 Å². The standard InChI is InChI=1S/C28H24ClN/c1-30-28(24-15-9-4-10-16-24)26-23(18-17-21-11-5-2-6-12-21)19-20-25(27(26)29)22-13-7-3-8-14-22/h2-16,19-20H,17-18H2,1H3. The van der Waals surface area contributed by atoms with Gasteiger partial charge in [-0.25, -0.2) is 0 Å². The first kappa shape index (κ1) is 20.1. The predicted octanol–water partition coefficient (Wildman–Crippen LogP) is 7.26. The number of aryl methyl sites for hydroxylation is 2. The summed E-state index contributed by atoms with van der Waals surface area (Å²) in [7, 11) is 1.84. The van der Waals surface area contributed by atoms with E-state index in [1.807, 2.05) is 43.4 Å². The van der Waals surface area contributed by atoms with E-state index in [1.165, 1.54) is 11.1 Å². The van der Waals surface area contributed by atoms with Crippen LogP contribution in [0.3, 0.4) is 0 Å². The predicted molar refractivity (Wildman–Crippen MR) is 129 cm³/mol. The summed E-state index contributed by atoms with van der Waals surface area (Å²) in [6.07, 6.45) is 1.86. The largest absolute Gasteiger partial charge is 0.287 e. The van der Waals surface area contributed by atoms with Crippen molar-refractivity contribution >= 4 is 17.3 Å². The van der Waals surface area contributed by atoms with E-state index in [-0.39, 0.29) is 0 Å². The number of nitrogens with zero attached hydrogens (tertiary/aromatic N) is 1. The van der Waals surface area contributed by atoms with Gasteiger partial charge in [-0.15, -0.1) is 0 Å². The minimum Gasteiger partial charge on any atom is -0.287 e. The third-order valence-corrected chi connectivity index (χ3v) is 5.74. The first-order valence-corrected chi connectivity index (χ1v) is 10.6. The lowest BCUT2D eigenvalue weighted by molar-refractivity contribution is 0.957. The molecule has 0 amide bonds. The molecule has 0 radical (unpaired) electrons. The Balaban J connectivity index is 1.82. The van der Waals surface area contributed by atoms with Crippen LogP contribution in [-0.4, -0.2) is 12.8 Å². The molecule has 4 aromatic carbocycles. The number of hydrogen-bond acceptors (Lipinski definition) is 1. The van der Waals surface area contributed by atoms with Crippen molar-refractivity contribution in [3.63, 3.8) is 0 Å². The average Bonchev–Trinajstić information content (AvgIpc) is 2.81. The summed E-state index contributed by atoms with van der Waals surface area (Å²) in [5, 5.41) is 0.760. The van der Waals surface area contributed by atoms with Crippen LogP contribution >= 0.6 is 11.6 Å². The van der Waals surface area contributed by atoms with Crippen molar-refractivity contribution in [3.8, 4) is 11.1 Å². The first-order valence-electron chi connectivity index (χ1n) is 10.2. The fourth-order valence-corrected chi connectivity index (χ4v) is 4.21. The van der Waals surface area contributed by atoms with Gasteiger partial charge in [0.25, 0.3) is 0 Å². The second kappa shape index (κ2) is 9.56. The maximum absolute atomic E-state index is 7.07. The lowest BCUT2D eigenvalue weighted by Gasteiger charge is -2.18. The Morgan fingerprint density at radius 1 is 0.700 bits per heavy atom. The second-order valence-corrected chi connectivity index (χ2v) is 7.63. The molecule has 4 aromatic rings. The third kappa shape index (κ3) is 4.37. The monoisotopic (exact) mass is 409 g/mol. The van der Waals surface area contributed by atoms with Gasteiger partial charge in [0.1, 0.15) is 0 Å². The molecular formula is C28H24ClN. The van der Waals surface area contributed by atoms with Crippen LogP contribution in [0.25, 0.3) is 11.1 Å². The zero-order valence-electron chi connectivity index (χ0n) is 17.1. The smallest absolute Gasteiger partial charge is 0.0733 e. The Kier molecular flexibility index (Phi) is 6.41. The molecule has 2 heteroatoms. The molecule has 0 unspecified atom stereocenters. The lowest BCUT2D eigenvalue weighted by atomic mass is 9.90. The molecule has 0 aliphatic heterocycles. The summed E-state index contributed by atoms with van der Waals surface area (Å²) in [6, 6.07) is 35.5. The molecule has 0 bridgehead atoms. The van der Waals surface area contributed by atoms with Gasteiger partial charge in [-0.3, -0.25) is 4.99 Å². The van der Waals surface area contributed by atoms with Crippen LogP contribution in [-0.2, 0) is 12.8 Å². The number of aliphatic imine (C=N–C) groups is 1. The lowest BCUT2D eigenvalue weighted by Crippen LogP contribution is -2.10. The van der Waals surface area contributed by atoms with Crippen molar-refractivity contribution in [2.75, 3.05) is 7.05 Å². The summed E-state index contributed by atoms with van der Waals surface area (Å²) in [6.45, 7) is 0. The second-order valence-electron chi connectivity index (χ2n) is 7.25. The molecule has 1 nitrogen and oxygen atoms in total. The molecule has 30 heavy (non-hydrogen) atoms. The number of halogens is 1. The molecular weight excluding hydrogens is 386 g/mol. The van der Waals surface area contributed by atoms with Crippen molar-refractivity contribution in [2.45, 2.75) is 12.8 Å². The topological polar surface area (TPSA) is 12.4 Å². The molecule has 148 valence electrons. The van der Waals surface area contributed by atoms with E-state index < -0.39 is 0 Å². The summed E-state index contributed by atoms with van der Waals surface area (Å²) in [5.74, 6) is 0. The average molecular weight is 410 g/mol. The van der Waals surface area contributed by atoms with Crippen LogP contribution in [0.15, 0.2) is 108 Å². The third-order valence-electron chi connectivity index (χ3n) is 5.35. The molecule has 0 N–H and O–H groups in total. The fraction of sp³-hybridized carbons (Fsp3) is 0.107. The summed E-state index contributed by atoms with van der Waals surface area (Å²) < 4.78 is 0. The molecule has 0 atom stereocenters. The van der Waals surface area contributed by atoms with Gasteiger partial charge in [0.05, 0.1) is 10.7 Å². The molecule has 0 aliphatic rings. The van der Waals surface area contributed by atoms with Crippen molar-refractivity contribution in [2.24, 2.45) is 4.99 Å². The van der Waals surface area contributed by atoms with Crippen LogP contribution < -0.4 is 0 Å². The van der Waals surface area contributed by atoms with Crippen LogP contribution in [0.2, 0.25) is 5.02 Å². The zero-order chi connectivity index (χ0) is 20.8. The number of hydrogen-bond donors (Lipinski definition) is 0. The highest BCUT2D eigenvalue weighted by molar-refractivity contribution is 6.38. The SMILES string of the molecule is CN=C(c1ccccc1)c1c(CCc2ccccc2)ccc(-c2ccccc2)c1Cl. The maximum atomic E-state index is 7.07. The van der Waals surface area contributed by atoms with Gasteiger partial charge in [0.2, 0.25) is 0 Å². The first-order chi connectivity index (χ1) is 14.8.